The molecule has 0 fully saturated rings. The fraction of sp³-hybridized carbons (Fsp3) is 0.167. The van der Waals surface area contributed by atoms with E-state index in [4.69, 9.17) is 0 Å². The van der Waals surface area contributed by atoms with Crippen molar-refractivity contribution in [2.24, 2.45) is 0 Å². The molecule has 2 N–H and O–H groups in total. The summed E-state index contributed by atoms with van der Waals surface area (Å²) in [5.41, 5.74) is 0.383. The van der Waals surface area contributed by atoms with Gasteiger partial charge in [0.15, 0.2) is 5.69 Å². The van der Waals surface area contributed by atoms with Gasteiger partial charge in [-0.05, 0) is 24.3 Å². The Labute approximate surface area is 112 Å². The lowest BCUT2D eigenvalue weighted by Gasteiger charge is -2.07. The van der Waals surface area contributed by atoms with Gasteiger partial charge in [-0.3, -0.25) is 4.79 Å². The first-order valence-electron chi connectivity index (χ1n) is 5.63. The van der Waals surface area contributed by atoms with Crippen LogP contribution in [0.3, 0.4) is 0 Å². The lowest BCUT2D eigenvalue weighted by Crippen LogP contribution is -2.13. The molecule has 1 amide bonds. The van der Waals surface area contributed by atoms with Crippen molar-refractivity contribution in [3.63, 3.8) is 0 Å². The van der Waals surface area contributed by atoms with Crippen LogP contribution in [-0.4, -0.2) is 22.7 Å². The number of amides is 1. The van der Waals surface area contributed by atoms with Gasteiger partial charge < -0.3 is 10.6 Å². The van der Waals surface area contributed by atoms with E-state index in [-0.39, 0.29) is 11.4 Å². The zero-order chi connectivity index (χ0) is 14.7. The molecule has 8 heteroatoms. The minimum Gasteiger partial charge on any atom is -0.386 e. The predicted molar refractivity (Wildman–Crippen MR) is 67.4 cm³/mol. The summed E-state index contributed by atoms with van der Waals surface area (Å²) in [6, 6.07) is 5.10. The zero-order valence-electron chi connectivity index (χ0n) is 10.4. The molecule has 106 valence electrons. The van der Waals surface area contributed by atoms with Gasteiger partial charge in [0.2, 0.25) is 0 Å². The number of anilines is 2. The third-order valence-electron chi connectivity index (χ3n) is 2.53. The molecule has 0 spiro atoms. The number of aromatic nitrogens is 2. The monoisotopic (exact) mass is 284 g/mol. The maximum Gasteiger partial charge on any atom is 0.333 e. The van der Waals surface area contributed by atoms with Gasteiger partial charge in [-0.1, -0.05) is 0 Å². The number of nitrogens with zero attached hydrogens (tertiary/aromatic N) is 2. The second-order valence-corrected chi connectivity index (χ2v) is 3.86. The molecule has 0 atom stereocenters. The quantitative estimate of drug-likeness (QED) is 0.907. The summed E-state index contributed by atoms with van der Waals surface area (Å²) in [4.78, 5) is 11.8. The highest BCUT2D eigenvalue weighted by molar-refractivity contribution is 6.03. The molecule has 0 aliphatic rings. The minimum atomic E-state index is -2.81. The topological polar surface area (TPSA) is 58.9 Å². The van der Waals surface area contributed by atoms with Crippen LogP contribution < -0.4 is 10.6 Å². The summed E-state index contributed by atoms with van der Waals surface area (Å²) in [6.45, 7) is -2.81. The Kier molecular flexibility index (Phi) is 3.92. The van der Waals surface area contributed by atoms with Gasteiger partial charge in [0, 0.05) is 18.9 Å². The first kappa shape index (κ1) is 13.9. The molecule has 5 nitrogen and oxygen atoms in total. The maximum absolute atomic E-state index is 13.2. The smallest absolute Gasteiger partial charge is 0.333 e. The molecular weight excluding hydrogens is 273 g/mol. The van der Waals surface area contributed by atoms with Crippen LogP contribution in [-0.2, 0) is 0 Å². The van der Waals surface area contributed by atoms with Gasteiger partial charge in [0.25, 0.3) is 5.91 Å². The zero-order valence-corrected chi connectivity index (χ0v) is 10.4. The number of halogens is 3. The van der Waals surface area contributed by atoms with E-state index in [1.807, 2.05) is 0 Å². The molecule has 0 aliphatic heterocycles. The lowest BCUT2D eigenvalue weighted by atomic mass is 10.2. The Bertz CT molecular complexity index is 627. The van der Waals surface area contributed by atoms with Gasteiger partial charge in [-0.2, -0.15) is 13.9 Å². The maximum atomic E-state index is 13.2. The molecule has 0 saturated heterocycles. The van der Waals surface area contributed by atoms with E-state index in [1.54, 1.807) is 0 Å². The summed E-state index contributed by atoms with van der Waals surface area (Å²) < 4.78 is 38.3. The van der Waals surface area contributed by atoms with Crippen molar-refractivity contribution >= 4 is 17.3 Å². The molecule has 0 radical (unpaired) electrons. The third-order valence-corrected chi connectivity index (χ3v) is 2.53. The number of alkyl halides is 2. The molecule has 0 saturated carbocycles. The van der Waals surface area contributed by atoms with Crippen LogP contribution in [0.4, 0.5) is 24.5 Å². The standard InChI is InChI=1S/C12H11F3N4O/c1-16-10-6-7(2-3-8(10)13)17-11(20)9-4-5-19(18-9)12(14)15/h2-6,12,16H,1H3,(H,17,20). The Morgan fingerprint density at radius 3 is 2.70 bits per heavy atom. The largest absolute Gasteiger partial charge is 0.386 e. The van der Waals surface area contributed by atoms with Crippen LogP contribution in [0.2, 0.25) is 0 Å². The van der Waals surface area contributed by atoms with E-state index in [2.05, 4.69) is 15.7 Å². The fourth-order valence-corrected chi connectivity index (χ4v) is 1.56. The van der Waals surface area contributed by atoms with E-state index in [1.165, 1.54) is 31.3 Å². The average Bonchev–Trinajstić information content (AvgIpc) is 2.91. The number of nitrogens with one attached hydrogen (secondary N) is 2. The molecule has 20 heavy (non-hydrogen) atoms. The van der Waals surface area contributed by atoms with E-state index >= 15 is 0 Å². The third kappa shape index (κ3) is 2.90. The first-order chi connectivity index (χ1) is 9.51. The summed E-state index contributed by atoms with van der Waals surface area (Å²) in [7, 11) is 1.54. The molecule has 1 heterocycles. The molecule has 0 bridgehead atoms. The lowest BCUT2D eigenvalue weighted by molar-refractivity contribution is 0.0561. The van der Waals surface area contributed by atoms with Crippen molar-refractivity contribution < 1.29 is 18.0 Å². The van der Waals surface area contributed by atoms with Gasteiger partial charge in [0.1, 0.15) is 5.82 Å². The molecule has 1 aromatic heterocycles. The van der Waals surface area contributed by atoms with Crippen molar-refractivity contribution in [3.8, 4) is 0 Å². The van der Waals surface area contributed by atoms with Crippen molar-refractivity contribution in [3.05, 3.63) is 42.0 Å². The van der Waals surface area contributed by atoms with Crippen molar-refractivity contribution in [1.82, 2.24) is 9.78 Å². The van der Waals surface area contributed by atoms with E-state index in [9.17, 15) is 18.0 Å². The summed E-state index contributed by atoms with van der Waals surface area (Å²) >= 11 is 0. The SMILES string of the molecule is CNc1cc(NC(=O)c2ccn(C(F)F)n2)ccc1F. The van der Waals surface area contributed by atoms with E-state index in [0.29, 0.717) is 10.4 Å². The van der Waals surface area contributed by atoms with Crippen LogP contribution in [0.15, 0.2) is 30.5 Å². The van der Waals surface area contributed by atoms with E-state index < -0.39 is 18.3 Å². The second kappa shape index (κ2) is 5.64. The van der Waals surface area contributed by atoms with Crippen LogP contribution in [0.25, 0.3) is 0 Å². The second-order valence-electron chi connectivity index (χ2n) is 3.86. The summed E-state index contributed by atoms with van der Waals surface area (Å²) in [5.74, 6) is -1.12. The number of benzene rings is 1. The van der Waals surface area contributed by atoms with Crippen molar-refractivity contribution in [2.45, 2.75) is 6.55 Å². The number of carbonyl (C=O) groups excluding carboxylic acids is 1. The van der Waals surface area contributed by atoms with Gasteiger partial charge >= 0.3 is 6.55 Å². The predicted octanol–water partition coefficient (Wildman–Crippen LogP) is 2.71. The number of rotatable bonds is 4. The fourth-order valence-electron chi connectivity index (χ4n) is 1.56. The minimum absolute atomic E-state index is 0.152. The van der Waals surface area contributed by atoms with Crippen LogP contribution in [0.1, 0.15) is 17.0 Å². The highest BCUT2D eigenvalue weighted by atomic mass is 19.3. The average molecular weight is 284 g/mol. The van der Waals surface area contributed by atoms with Crippen LogP contribution >= 0.6 is 0 Å². The van der Waals surface area contributed by atoms with Gasteiger partial charge in [-0.25, -0.2) is 9.07 Å². The molecule has 0 unspecified atom stereocenters. The Morgan fingerprint density at radius 1 is 1.35 bits per heavy atom. The molecular formula is C12H11F3N4O. The summed E-state index contributed by atoms with van der Waals surface area (Å²) in [6.07, 6.45) is 1.00. The molecule has 1 aromatic carbocycles. The van der Waals surface area contributed by atoms with Crippen molar-refractivity contribution in [2.75, 3.05) is 17.7 Å². The molecule has 0 aliphatic carbocycles. The molecule has 2 aromatic rings. The van der Waals surface area contributed by atoms with Crippen molar-refractivity contribution in [1.29, 1.82) is 0 Å². The van der Waals surface area contributed by atoms with Crippen LogP contribution in [0.5, 0.6) is 0 Å². The van der Waals surface area contributed by atoms with Gasteiger partial charge in [0.05, 0.1) is 5.69 Å². The summed E-state index contributed by atoms with van der Waals surface area (Å²) in [5, 5.41) is 8.50. The highest BCUT2D eigenvalue weighted by Crippen LogP contribution is 2.19. The van der Waals surface area contributed by atoms with Gasteiger partial charge in [-0.15, -0.1) is 0 Å². The van der Waals surface area contributed by atoms with Crippen LogP contribution in [0, 0.1) is 5.82 Å². The molecule has 2 rings (SSSR count). The highest BCUT2D eigenvalue weighted by Gasteiger charge is 2.14. The first-order valence-corrected chi connectivity index (χ1v) is 5.63. The normalized spacial score (nSPS) is 10.7. The number of hydrogen-bond donors (Lipinski definition) is 2. The Morgan fingerprint density at radius 2 is 2.10 bits per heavy atom. The Hall–Kier alpha value is -2.51. The number of hydrogen-bond acceptors (Lipinski definition) is 3. The Balaban J connectivity index is 2.14. The van der Waals surface area contributed by atoms with E-state index in [0.717, 1.165) is 6.20 Å². The number of carbonyl (C=O) groups is 1.